The van der Waals surface area contributed by atoms with Gasteiger partial charge in [-0.05, 0) is 45.9 Å². The minimum Gasteiger partial charge on any atom is -0.312 e. The molecule has 0 aliphatic rings. The summed E-state index contributed by atoms with van der Waals surface area (Å²) >= 11 is 6.42. The molecular weight excluding hydrogens is 346 g/mol. The first-order valence-corrected chi connectivity index (χ1v) is 9.35. The lowest BCUT2D eigenvalue weighted by Gasteiger charge is -2.18. The normalized spacial score (nSPS) is 11.8. The number of hydrogen-bond donors (Lipinski definition) is 1. The minimum atomic E-state index is -0.0751. The fourth-order valence-electron chi connectivity index (χ4n) is 2.78. The summed E-state index contributed by atoms with van der Waals surface area (Å²) in [6, 6.07) is 9.83. The van der Waals surface area contributed by atoms with Crippen LogP contribution in [-0.4, -0.2) is 26.1 Å². The molecular formula is C20H26ClN5. The number of aromatic nitrogens is 4. The maximum Gasteiger partial charge on any atom is 0.0983 e. The van der Waals surface area contributed by atoms with Crippen LogP contribution in [0.25, 0.3) is 11.3 Å². The highest BCUT2D eigenvalue weighted by Gasteiger charge is 2.19. The first kappa shape index (κ1) is 18.7. The monoisotopic (exact) mass is 371 g/mol. The molecule has 0 fully saturated rings. The third-order valence-electron chi connectivity index (χ3n) is 4.22. The SMILES string of the molecule is CC(C)(C)n1cc(CNCCCn2cccn2)c(-c2ccccc2Cl)n1. The zero-order valence-corrected chi connectivity index (χ0v) is 16.4. The average Bonchev–Trinajstić information content (AvgIpc) is 3.24. The molecule has 3 aromatic rings. The van der Waals surface area contributed by atoms with Gasteiger partial charge in [-0.3, -0.25) is 9.36 Å². The number of halogens is 1. The standard InChI is InChI=1S/C20H26ClN5/c1-20(2,3)26-15-16(14-22-10-6-12-25-13-7-11-23-25)19(24-26)17-8-4-5-9-18(17)21/h4-5,7-9,11,13,15,22H,6,10,12,14H2,1-3H3. The van der Waals surface area contributed by atoms with Gasteiger partial charge in [0.25, 0.3) is 0 Å². The molecule has 3 rings (SSSR count). The average molecular weight is 372 g/mol. The molecule has 1 aromatic carbocycles. The molecule has 6 heteroatoms. The second kappa shape index (κ2) is 8.06. The fourth-order valence-corrected chi connectivity index (χ4v) is 3.01. The van der Waals surface area contributed by atoms with E-state index in [1.54, 1.807) is 0 Å². The van der Waals surface area contributed by atoms with Crippen LogP contribution in [0, 0.1) is 0 Å². The third kappa shape index (κ3) is 4.54. The van der Waals surface area contributed by atoms with Crippen molar-refractivity contribution in [3.8, 4) is 11.3 Å². The first-order chi connectivity index (χ1) is 12.4. The van der Waals surface area contributed by atoms with Gasteiger partial charge in [0.15, 0.2) is 0 Å². The molecule has 0 amide bonds. The van der Waals surface area contributed by atoms with E-state index in [-0.39, 0.29) is 5.54 Å². The molecule has 0 radical (unpaired) electrons. The smallest absolute Gasteiger partial charge is 0.0983 e. The number of hydrogen-bond acceptors (Lipinski definition) is 3. The van der Waals surface area contributed by atoms with Gasteiger partial charge in [0.05, 0.1) is 16.3 Å². The number of benzene rings is 1. The summed E-state index contributed by atoms with van der Waals surface area (Å²) in [5, 5.41) is 13.3. The van der Waals surface area contributed by atoms with Crippen LogP contribution in [0.5, 0.6) is 0 Å². The van der Waals surface area contributed by atoms with E-state index in [2.05, 4.69) is 37.4 Å². The summed E-state index contributed by atoms with van der Waals surface area (Å²) in [5.41, 5.74) is 3.01. The summed E-state index contributed by atoms with van der Waals surface area (Å²) in [7, 11) is 0. The Morgan fingerprint density at radius 2 is 1.96 bits per heavy atom. The predicted octanol–water partition coefficient (Wildman–Crippen LogP) is 4.33. The van der Waals surface area contributed by atoms with Gasteiger partial charge in [-0.15, -0.1) is 0 Å². The minimum absolute atomic E-state index is 0.0751. The van der Waals surface area contributed by atoms with Crippen molar-refractivity contribution < 1.29 is 0 Å². The molecule has 0 unspecified atom stereocenters. The largest absolute Gasteiger partial charge is 0.312 e. The lowest BCUT2D eigenvalue weighted by molar-refractivity contribution is 0.356. The van der Waals surface area contributed by atoms with E-state index in [0.29, 0.717) is 0 Å². The molecule has 0 saturated carbocycles. The van der Waals surface area contributed by atoms with Crippen molar-refractivity contribution in [1.29, 1.82) is 0 Å². The Morgan fingerprint density at radius 3 is 2.65 bits per heavy atom. The number of nitrogens with one attached hydrogen (secondary N) is 1. The van der Waals surface area contributed by atoms with E-state index in [1.807, 2.05) is 52.1 Å². The second-order valence-corrected chi connectivity index (χ2v) is 7.80. The number of nitrogens with zero attached hydrogens (tertiary/aromatic N) is 4. The Kier molecular flexibility index (Phi) is 5.79. The molecule has 26 heavy (non-hydrogen) atoms. The van der Waals surface area contributed by atoms with Gasteiger partial charge in [-0.1, -0.05) is 29.8 Å². The molecule has 0 saturated heterocycles. The predicted molar refractivity (Wildman–Crippen MR) is 106 cm³/mol. The van der Waals surface area contributed by atoms with Gasteiger partial charge in [-0.2, -0.15) is 10.2 Å². The highest BCUT2D eigenvalue weighted by Crippen LogP contribution is 2.30. The summed E-state index contributed by atoms with van der Waals surface area (Å²) in [6.07, 6.45) is 6.95. The third-order valence-corrected chi connectivity index (χ3v) is 4.55. The van der Waals surface area contributed by atoms with Crippen LogP contribution in [0.15, 0.2) is 48.9 Å². The van der Waals surface area contributed by atoms with Crippen LogP contribution in [0.4, 0.5) is 0 Å². The van der Waals surface area contributed by atoms with Crippen LogP contribution < -0.4 is 5.32 Å². The highest BCUT2D eigenvalue weighted by atomic mass is 35.5. The van der Waals surface area contributed by atoms with Crippen LogP contribution in [-0.2, 0) is 18.6 Å². The number of rotatable bonds is 7. The molecule has 1 N–H and O–H groups in total. The van der Waals surface area contributed by atoms with E-state index < -0.39 is 0 Å². The zero-order valence-electron chi connectivity index (χ0n) is 15.6. The van der Waals surface area contributed by atoms with Gasteiger partial charge >= 0.3 is 0 Å². The van der Waals surface area contributed by atoms with E-state index in [1.165, 1.54) is 0 Å². The topological polar surface area (TPSA) is 47.7 Å². The quantitative estimate of drug-likeness (QED) is 0.628. The van der Waals surface area contributed by atoms with Crippen LogP contribution in [0.3, 0.4) is 0 Å². The Bertz CT molecular complexity index is 830. The molecule has 0 atom stereocenters. The van der Waals surface area contributed by atoms with Gasteiger partial charge < -0.3 is 5.32 Å². The van der Waals surface area contributed by atoms with Crippen LogP contribution >= 0.6 is 11.6 Å². The molecule has 0 spiro atoms. The van der Waals surface area contributed by atoms with Crippen molar-refractivity contribution in [3.63, 3.8) is 0 Å². The Hall–Kier alpha value is -2.11. The first-order valence-electron chi connectivity index (χ1n) is 8.97. The summed E-state index contributed by atoms with van der Waals surface area (Å²) in [4.78, 5) is 0. The van der Waals surface area contributed by atoms with E-state index in [9.17, 15) is 0 Å². The Morgan fingerprint density at radius 1 is 1.15 bits per heavy atom. The molecule has 0 aliphatic heterocycles. The second-order valence-electron chi connectivity index (χ2n) is 7.40. The van der Waals surface area contributed by atoms with Gasteiger partial charge in [0.2, 0.25) is 0 Å². The van der Waals surface area contributed by atoms with Crippen molar-refractivity contribution in [3.05, 3.63) is 59.5 Å². The van der Waals surface area contributed by atoms with E-state index in [0.717, 1.165) is 47.9 Å². The Labute approximate surface area is 160 Å². The van der Waals surface area contributed by atoms with Gasteiger partial charge in [0.1, 0.15) is 0 Å². The molecule has 2 heterocycles. The van der Waals surface area contributed by atoms with Crippen LogP contribution in [0.2, 0.25) is 5.02 Å². The van der Waals surface area contributed by atoms with Crippen molar-refractivity contribution in [2.75, 3.05) is 6.54 Å². The summed E-state index contributed by atoms with van der Waals surface area (Å²) < 4.78 is 3.97. The lowest BCUT2D eigenvalue weighted by Crippen LogP contribution is -2.22. The zero-order chi connectivity index (χ0) is 18.6. The number of aryl methyl sites for hydroxylation is 1. The lowest BCUT2D eigenvalue weighted by atomic mass is 10.1. The van der Waals surface area contributed by atoms with Gasteiger partial charge in [-0.25, -0.2) is 0 Å². The van der Waals surface area contributed by atoms with Crippen molar-refractivity contribution in [2.24, 2.45) is 0 Å². The highest BCUT2D eigenvalue weighted by molar-refractivity contribution is 6.33. The maximum atomic E-state index is 6.42. The van der Waals surface area contributed by atoms with E-state index >= 15 is 0 Å². The van der Waals surface area contributed by atoms with Gasteiger partial charge in [0, 0.05) is 42.8 Å². The molecule has 2 aromatic heterocycles. The van der Waals surface area contributed by atoms with Crippen molar-refractivity contribution in [2.45, 2.75) is 45.8 Å². The molecule has 0 bridgehead atoms. The van der Waals surface area contributed by atoms with Crippen molar-refractivity contribution in [1.82, 2.24) is 24.9 Å². The molecule has 5 nitrogen and oxygen atoms in total. The Balaban J connectivity index is 1.70. The van der Waals surface area contributed by atoms with Crippen LogP contribution in [0.1, 0.15) is 32.8 Å². The summed E-state index contributed by atoms with van der Waals surface area (Å²) in [5.74, 6) is 0. The van der Waals surface area contributed by atoms with Crippen molar-refractivity contribution >= 4 is 11.6 Å². The molecule has 138 valence electrons. The molecule has 0 aliphatic carbocycles. The van der Waals surface area contributed by atoms with E-state index in [4.69, 9.17) is 16.7 Å². The summed E-state index contributed by atoms with van der Waals surface area (Å²) in [6.45, 7) is 9.05. The fraction of sp³-hybridized carbons (Fsp3) is 0.400. The maximum absolute atomic E-state index is 6.42.